The van der Waals surface area contributed by atoms with Gasteiger partial charge in [-0.05, 0) is 13.0 Å². The van der Waals surface area contributed by atoms with Gasteiger partial charge in [0.25, 0.3) is 11.5 Å². The maximum atomic E-state index is 12.4. The highest BCUT2D eigenvalue weighted by molar-refractivity contribution is 5.94. The Labute approximate surface area is 111 Å². The van der Waals surface area contributed by atoms with Crippen molar-refractivity contribution in [2.24, 2.45) is 12.8 Å². The lowest BCUT2D eigenvalue weighted by atomic mass is 10.1. The fraction of sp³-hybridized carbons (Fsp3) is 0.538. The number of nitrogens with two attached hydrogens (primary N) is 1. The average molecular weight is 265 g/mol. The van der Waals surface area contributed by atoms with Crippen LogP contribution in [0.1, 0.15) is 17.3 Å². The van der Waals surface area contributed by atoms with Gasteiger partial charge in [-0.1, -0.05) is 0 Å². The van der Waals surface area contributed by atoms with Crippen molar-refractivity contribution in [3.63, 3.8) is 0 Å². The fourth-order valence-electron chi connectivity index (χ4n) is 2.09. The molecule has 0 aromatic carbocycles. The summed E-state index contributed by atoms with van der Waals surface area (Å²) in [6.45, 7) is 3.24. The van der Waals surface area contributed by atoms with E-state index in [0.717, 1.165) is 0 Å². The van der Waals surface area contributed by atoms with E-state index in [4.69, 9.17) is 10.5 Å². The molecule has 0 saturated carbocycles. The highest BCUT2D eigenvalue weighted by Gasteiger charge is 2.29. The summed E-state index contributed by atoms with van der Waals surface area (Å²) in [6.07, 6.45) is 1.47. The maximum absolute atomic E-state index is 12.4. The van der Waals surface area contributed by atoms with Crippen LogP contribution in [0.5, 0.6) is 0 Å². The summed E-state index contributed by atoms with van der Waals surface area (Å²) in [6, 6.07) is 3.00. The molecule has 6 heteroatoms. The predicted molar refractivity (Wildman–Crippen MR) is 71.0 cm³/mol. The number of aromatic nitrogens is 1. The molecule has 2 rings (SSSR count). The molecule has 1 fully saturated rings. The molecule has 2 heterocycles. The Kier molecular flexibility index (Phi) is 4.01. The van der Waals surface area contributed by atoms with Gasteiger partial charge in [0.2, 0.25) is 0 Å². The Hall–Kier alpha value is -1.66. The Bertz CT molecular complexity index is 526. The Morgan fingerprint density at radius 1 is 1.58 bits per heavy atom. The molecule has 1 amide bonds. The molecule has 0 aliphatic carbocycles. The molecule has 0 spiro atoms. The first-order valence-electron chi connectivity index (χ1n) is 6.32. The molecular weight excluding hydrogens is 246 g/mol. The lowest BCUT2D eigenvalue weighted by Crippen LogP contribution is -2.53. The number of ether oxygens (including phenoxy) is 1. The first-order valence-corrected chi connectivity index (χ1v) is 6.32. The molecule has 1 aromatic rings. The number of morpholine rings is 1. The summed E-state index contributed by atoms with van der Waals surface area (Å²) in [7, 11) is 1.65. The Balaban J connectivity index is 2.21. The van der Waals surface area contributed by atoms with Gasteiger partial charge >= 0.3 is 0 Å². The van der Waals surface area contributed by atoms with Gasteiger partial charge in [0.05, 0.1) is 18.8 Å². The average Bonchev–Trinajstić information content (AvgIpc) is 2.41. The van der Waals surface area contributed by atoms with E-state index in [1.807, 2.05) is 6.92 Å². The molecular formula is C13H19N3O3. The van der Waals surface area contributed by atoms with E-state index in [1.54, 1.807) is 24.2 Å². The standard InChI is InChI=1S/C13H19N3O3/c1-9-8-19-11(6-14)7-16(9)13(18)10-3-4-15(2)12(17)5-10/h3-5,9,11H,6-8,14H2,1-2H3. The highest BCUT2D eigenvalue weighted by Crippen LogP contribution is 2.14. The second-order valence-corrected chi connectivity index (χ2v) is 4.86. The number of nitrogens with zero attached hydrogens (tertiary/aromatic N) is 2. The third-order valence-corrected chi connectivity index (χ3v) is 3.38. The van der Waals surface area contributed by atoms with Crippen molar-refractivity contribution in [2.45, 2.75) is 19.1 Å². The lowest BCUT2D eigenvalue weighted by Gasteiger charge is -2.37. The molecule has 19 heavy (non-hydrogen) atoms. The van der Waals surface area contributed by atoms with Crippen LogP contribution in [0.25, 0.3) is 0 Å². The minimum atomic E-state index is -0.192. The minimum Gasteiger partial charge on any atom is -0.373 e. The SMILES string of the molecule is CC1COC(CN)CN1C(=O)c1ccn(C)c(=O)c1. The van der Waals surface area contributed by atoms with Gasteiger partial charge in [-0.2, -0.15) is 0 Å². The second kappa shape index (κ2) is 5.54. The fourth-order valence-corrected chi connectivity index (χ4v) is 2.09. The van der Waals surface area contributed by atoms with E-state index < -0.39 is 0 Å². The van der Waals surface area contributed by atoms with E-state index in [0.29, 0.717) is 25.3 Å². The van der Waals surface area contributed by atoms with Crippen molar-refractivity contribution in [3.05, 3.63) is 34.2 Å². The molecule has 1 aromatic heterocycles. The molecule has 2 N–H and O–H groups in total. The number of carbonyl (C=O) groups is 1. The van der Waals surface area contributed by atoms with Gasteiger partial charge in [0, 0.05) is 38.0 Å². The van der Waals surface area contributed by atoms with Crippen molar-refractivity contribution in [2.75, 3.05) is 19.7 Å². The zero-order valence-electron chi connectivity index (χ0n) is 11.2. The van der Waals surface area contributed by atoms with Crippen molar-refractivity contribution in [3.8, 4) is 0 Å². The normalized spacial score (nSPS) is 23.4. The zero-order valence-corrected chi connectivity index (χ0v) is 11.2. The Morgan fingerprint density at radius 3 is 2.95 bits per heavy atom. The van der Waals surface area contributed by atoms with E-state index in [9.17, 15) is 9.59 Å². The van der Waals surface area contributed by atoms with Crippen LogP contribution in [-0.4, -0.2) is 47.2 Å². The molecule has 1 aliphatic heterocycles. The van der Waals surface area contributed by atoms with Gasteiger partial charge in [0.1, 0.15) is 0 Å². The van der Waals surface area contributed by atoms with Crippen molar-refractivity contribution in [1.29, 1.82) is 0 Å². The summed E-state index contributed by atoms with van der Waals surface area (Å²) in [5.41, 5.74) is 5.79. The lowest BCUT2D eigenvalue weighted by molar-refractivity contribution is -0.0426. The van der Waals surface area contributed by atoms with E-state index in [1.165, 1.54) is 10.6 Å². The highest BCUT2D eigenvalue weighted by atomic mass is 16.5. The number of pyridine rings is 1. The largest absolute Gasteiger partial charge is 0.373 e. The van der Waals surface area contributed by atoms with Gasteiger partial charge < -0.3 is 19.9 Å². The quantitative estimate of drug-likeness (QED) is 0.787. The topological polar surface area (TPSA) is 77.6 Å². The van der Waals surface area contributed by atoms with E-state index in [2.05, 4.69) is 0 Å². The van der Waals surface area contributed by atoms with Gasteiger partial charge in [-0.15, -0.1) is 0 Å². The number of hydrogen-bond donors (Lipinski definition) is 1. The summed E-state index contributed by atoms with van der Waals surface area (Å²) in [4.78, 5) is 25.7. The number of hydrogen-bond acceptors (Lipinski definition) is 4. The molecule has 0 radical (unpaired) electrons. The zero-order chi connectivity index (χ0) is 14.0. The number of carbonyl (C=O) groups excluding carboxylic acids is 1. The van der Waals surface area contributed by atoms with Crippen molar-refractivity contribution < 1.29 is 9.53 Å². The summed E-state index contributed by atoms with van der Waals surface area (Å²) in [5.74, 6) is -0.146. The van der Waals surface area contributed by atoms with Gasteiger partial charge in [-0.3, -0.25) is 9.59 Å². The first-order chi connectivity index (χ1) is 9.02. The second-order valence-electron chi connectivity index (χ2n) is 4.86. The number of aryl methyl sites for hydroxylation is 1. The van der Waals surface area contributed by atoms with E-state index >= 15 is 0 Å². The van der Waals surface area contributed by atoms with Crippen LogP contribution >= 0.6 is 0 Å². The molecule has 2 atom stereocenters. The smallest absolute Gasteiger partial charge is 0.254 e. The van der Waals surface area contributed by atoms with Crippen LogP contribution in [-0.2, 0) is 11.8 Å². The summed E-state index contributed by atoms with van der Waals surface area (Å²) in [5, 5.41) is 0. The van der Waals surface area contributed by atoms with Gasteiger partial charge in [-0.25, -0.2) is 0 Å². The molecule has 1 saturated heterocycles. The van der Waals surface area contributed by atoms with Crippen LogP contribution in [0, 0.1) is 0 Å². The summed E-state index contributed by atoms with van der Waals surface area (Å²) >= 11 is 0. The first kappa shape index (κ1) is 13.8. The molecule has 0 bridgehead atoms. The van der Waals surface area contributed by atoms with E-state index in [-0.39, 0.29) is 23.6 Å². The monoisotopic (exact) mass is 265 g/mol. The van der Waals surface area contributed by atoms with Crippen LogP contribution < -0.4 is 11.3 Å². The molecule has 2 unspecified atom stereocenters. The van der Waals surface area contributed by atoms with Crippen LogP contribution in [0.15, 0.2) is 23.1 Å². The molecule has 6 nitrogen and oxygen atoms in total. The van der Waals surface area contributed by atoms with Gasteiger partial charge in [0.15, 0.2) is 0 Å². The van der Waals surface area contributed by atoms with Crippen molar-refractivity contribution >= 4 is 5.91 Å². The minimum absolute atomic E-state index is 0.0145. The van der Waals surface area contributed by atoms with Crippen LogP contribution in [0.4, 0.5) is 0 Å². The molecule has 1 aliphatic rings. The number of rotatable bonds is 2. The Morgan fingerprint density at radius 2 is 2.32 bits per heavy atom. The maximum Gasteiger partial charge on any atom is 0.254 e. The summed E-state index contributed by atoms with van der Waals surface area (Å²) < 4.78 is 6.95. The van der Waals surface area contributed by atoms with Crippen LogP contribution in [0.3, 0.4) is 0 Å². The van der Waals surface area contributed by atoms with Crippen LogP contribution in [0.2, 0.25) is 0 Å². The molecule has 104 valence electrons. The third-order valence-electron chi connectivity index (χ3n) is 3.38. The number of amides is 1. The third kappa shape index (κ3) is 2.85. The van der Waals surface area contributed by atoms with Crippen molar-refractivity contribution in [1.82, 2.24) is 9.47 Å². The predicted octanol–water partition coefficient (Wildman–Crippen LogP) is -0.426.